The third-order valence-electron chi connectivity index (χ3n) is 3.98. The highest BCUT2D eigenvalue weighted by Crippen LogP contribution is 2.10. The van der Waals surface area contributed by atoms with Crippen molar-refractivity contribution in [3.05, 3.63) is 71.5 Å². The lowest BCUT2D eigenvalue weighted by Crippen LogP contribution is -2.36. The van der Waals surface area contributed by atoms with Crippen LogP contribution < -0.4 is 5.32 Å². The molecule has 2 rings (SSSR count). The molecule has 0 aromatic heterocycles. The van der Waals surface area contributed by atoms with Crippen LogP contribution >= 0.6 is 0 Å². The summed E-state index contributed by atoms with van der Waals surface area (Å²) in [5, 5.41) is 2.77. The van der Waals surface area contributed by atoms with Crippen molar-refractivity contribution in [2.75, 3.05) is 19.3 Å². The zero-order valence-corrected chi connectivity index (χ0v) is 15.5. The maximum absolute atomic E-state index is 13.7. The predicted octanol–water partition coefficient (Wildman–Crippen LogP) is 2.34. The van der Waals surface area contributed by atoms with Crippen LogP contribution in [0.15, 0.2) is 54.6 Å². The summed E-state index contributed by atoms with van der Waals surface area (Å²) in [6, 6.07) is 15.7. The maximum atomic E-state index is 13.7. The molecule has 0 heterocycles. The highest BCUT2D eigenvalue weighted by molar-refractivity contribution is 7.88. The number of nitrogens with zero attached hydrogens (tertiary/aromatic N) is 1. The number of hydrogen-bond acceptors (Lipinski definition) is 3. The van der Waals surface area contributed by atoms with E-state index < -0.39 is 10.0 Å². The van der Waals surface area contributed by atoms with Crippen LogP contribution in [0.2, 0.25) is 0 Å². The van der Waals surface area contributed by atoms with Crippen molar-refractivity contribution in [2.24, 2.45) is 0 Å². The number of nitrogens with one attached hydrogen (secondary N) is 1. The van der Waals surface area contributed by atoms with Gasteiger partial charge >= 0.3 is 0 Å². The van der Waals surface area contributed by atoms with Crippen molar-refractivity contribution >= 4 is 15.9 Å². The van der Waals surface area contributed by atoms with Gasteiger partial charge in [-0.2, -0.15) is 0 Å². The van der Waals surface area contributed by atoms with Crippen LogP contribution in [0.25, 0.3) is 0 Å². The molecular weight excluding hydrogens is 355 g/mol. The second-order valence-corrected chi connectivity index (χ2v) is 8.00. The van der Waals surface area contributed by atoms with Gasteiger partial charge in [0.25, 0.3) is 0 Å². The zero-order chi connectivity index (χ0) is 19.0. The number of sulfonamides is 1. The van der Waals surface area contributed by atoms with E-state index in [1.165, 1.54) is 10.4 Å². The smallest absolute Gasteiger partial charge is 0.221 e. The van der Waals surface area contributed by atoms with Crippen molar-refractivity contribution in [1.82, 2.24) is 9.62 Å². The number of carbonyl (C=O) groups is 1. The molecule has 0 radical (unpaired) electrons. The molecule has 5 nitrogen and oxygen atoms in total. The first-order valence-corrected chi connectivity index (χ1v) is 10.2. The monoisotopic (exact) mass is 378 g/mol. The molecule has 0 saturated carbocycles. The summed E-state index contributed by atoms with van der Waals surface area (Å²) in [7, 11) is -3.48. The van der Waals surface area contributed by atoms with Gasteiger partial charge in [0.05, 0.1) is 6.26 Å². The van der Waals surface area contributed by atoms with Crippen molar-refractivity contribution in [1.29, 1.82) is 0 Å². The number of halogens is 1. The minimum Gasteiger partial charge on any atom is -0.352 e. The van der Waals surface area contributed by atoms with Crippen molar-refractivity contribution < 1.29 is 17.6 Å². The summed E-state index contributed by atoms with van der Waals surface area (Å²) in [5.74, 6) is -0.588. The Hall–Kier alpha value is -2.25. The molecule has 140 valence electrons. The highest BCUT2D eigenvalue weighted by atomic mass is 32.2. The minimum atomic E-state index is -3.48. The third kappa shape index (κ3) is 6.57. The molecule has 0 spiro atoms. The van der Waals surface area contributed by atoms with Crippen LogP contribution in [0.3, 0.4) is 0 Å². The fourth-order valence-corrected chi connectivity index (χ4v) is 3.35. The van der Waals surface area contributed by atoms with E-state index in [9.17, 15) is 17.6 Å². The number of benzene rings is 2. The summed E-state index contributed by atoms with van der Waals surface area (Å²) in [6.45, 7) is 0.591. The van der Waals surface area contributed by atoms with Gasteiger partial charge in [0.1, 0.15) is 5.82 Å². The van der Waals surface area contributed by atoms with Gasteiger partial charge in [0.15, 0.2) is 0 Å². The van der Waals surface area contributed by atoms with Crippen molar-refractivity contribution in [3.63, 3.8) is 0 Å². The first-order chi connectivity index (χ1) is 12.4. The van der Waals surface area contributed by atoms with E-state index in [0.29, 0.717) is 12.1 Å². The topological polar surface area (TPSA) is 66.5 Å². The Morgan fingerprint density at radius 2 is 1.69 bits per heavy atom. The third-order valence-corrected chi connectivity index (χ3v) is 5.28. The van der Waals surface area contributed by atoms with E-state index >= 15 is 0 Å². The Kier molecular flexibility index (Phi) is 7.29. The Labute approximate surface area is 153 Å². The zero-order valence-electron chi connectivity index (χ0n) is 14.7. The molecule has 2 aromatic rings. The lowest BCUT2D eigenvalue weighted by atomic mass is 10.1. The molecule has 0 aliphatic carbocycles. The molecule has 0 aliphatic rings. The number of amides is 1. The molecule has 1 amide bonds. The predicted molar refractivity (Wildman–Crippen MR) is 99.4 cm³/mol. The van der Waals surface area contributed by atoms with Gasteiger partial charge < -0.3 is 5.32 Å². The van der Waals surface area contributed by atoms with Gasteiger partial charge in [-0.15, -0.1) is 0 Å². The quantitative estimate of drug-likeness (QED) is 0.728. The van der Waals surface area contributed by atoms with Crippen LogP contribution in [0.1, 0.15) is 17.5 Å². The van der Waals surface area contributed by atoms with Crippen LogP contribution in [0.4, 0.5) is 4.39 Å². The lowest BCUT2D eigenvalue weighted by Gasteiger charge is -2.20. The maximum Gasteiger partial charge on any atom is 0.221 e. The van der Waals surface area contributed by atoms with E-state index in [-0.39, 0.29) is 37.7 Å². The molecule has 0 bridgehead atoms. The van der Waals surface area contributed by atoms with E-state index in [1.54, 1.807) is 18.2 Å². The Balaban J connectivity index is 1.85. The molecule has 26 heavy (non-hydrogen) atoms. The molecule has 0 aliphatic heterocycles. The van der Waals surface area contributed by atoms with Crippen LogP contribution in [-0.2, 0) is 27.8 Å². The SMILES string of the molecule is CS(=O)(=O)N(CCC(=O)NCc1ccccc1)CCc1ccccc1F. The van der Waals surface area contributed by atoms with E-state index in [0.717, 1.165) is 11.8 Å². The Morgan fingerprint density at radius 3 is 2.35 bits per heavy atom. The number of hydrogen-bond donors (Lipinski definition) is 1. The molecule has 0 unspecified atom stereocenters. The summed E-state index contributed by atoms with van der Waals surface area (Å²) in [4.78, 5) is 12.0. The average molecular weight is 378 g/mol. The molecule has 2 aromatic carbocycles. The standard InChI is InChI=1S/C19H23FN2O3S/c1-26(24,25)22(13-11-17-9-5-6-10-18(17)20)14-12-19(23)21-15-16-7-3-2-4-8-16/h2-10H,11-15H2,1H3,(H,21,23). The first-order valence-electron chi connectivity index (χ1n) is 8.35. The summed E-state index contributed by atoms with van der Waals surface area (Å²) < 4.78 is 38.7. The fraction of sp³-hybridized carbons (Fsp3) is 0.316. The average Bonchev–Trinajstić information content (AvgIpc) is 2.61. The van der Waals surface area contributed by atoms with Crippen LogP contribution in [0, 0.1) is 5.82 Å². The second kappa shape index (κ2) is 9.45. The lowest BCUT2D eigenvalue weighted by molar-refractivity contribution is -0.121. The van der Waals surface area contributed by atoms with E-state index in [4.69, 9.17) is 0 Å². The number of rotatable bonds is 9. The van der Waals surface area contributed by atoms with Gasteiger partial charge in [-0.05, 0) is 23.6 Å². The molecule has 7 heteroatoms. The Morgan fingerprint density at radius 1 is 1.04 bits per heavy atom. The fourth-order valence-electron chi connectivity index (χ4n) is 2.50. The van der Waals surface area contributed by atoms with Crippen molar-refractivity contribution in [3.8, 4) is 0 Å². The minimum absolute atomic E-state index is 0.0528. The van der Waals surface area contributed by atoms with Crippen LogP contribution in [0.5, 0.6) is 0 Å². The molecule has 0 saturated heterocycles. The molecule has 0 atom stereocenters. The molecule has 0 fully saturated rings. The number of carbonyl (C=O) groups excluding carboxylic acids is 1. The van der Waals surface area contributed by atoms with Gasteiger partial charge in [0, 0.05) is 26.1 Å². The Bertz CT molecular complexity index is 826. The van der Waals surface area contributed by atoms with Crippen molar-refractivity contribution in [2.45, 2.75) is 19.4 Å². The highest BCUT2D eigenvalue weighted by Gasteiger charge is 2.18. The van der Waals surface area contributed by atoms with Crippen LogP contribution in [-0.4, -0.2) is 38.0 Å². The molecule has 1 N–H and O–H groups in total. The largest absolute Gasteiger partial charge is 0.352 e. The van der Waals surface area contributed by atoms with Gasteiger partial charge in [-0.3, -0.25) is 4.79 Å². The summed E-state index contributed by atoms with van der Waals surface area (Å²) >= 11 is 0. The van der Waals surface area contributed by atoms with Gasteiger partial charge in [-0.1, -0.05) is 48.5 Å². The first kappa shape index (κ1) is 20.1. The summed E-state index contributed by atoms with van der Waals surface area (Å²) in [5.41, 5.74) is 1.43. The van der Waals surface area contributed by atoms with Gasteiger partial charge in [-0.25, -0.2) is 17.1 Å². The summed E-state index contributed by atoms with van der Waals surface area (Å²) in [6.07, 6.45) is 1.40. The second-order valence-electron chi connectivity index (χ2n) is 6.02. The van der Waals surface area contributed by atoms with Gasteiger partial charge in [0.2, 0.25) is 15.9 Å². The van der Waals surface area contributed by atoms with E-state index in [1.807, 2.05) is 30.3 Å². The normalized spacial score (nSPS) is 11.5. The van der Waals surface area contributed by atoms with E-state index in [2.05, 4.69) is 5.32 Å². The molecular formula is C19H23FN2O3S.